The Labute approximate surface area is 226 Å². The third-order valence-electron chi connectivity index (χ3n) is 5.66. The molecule has 1 atom stereocenters. The molecular formula is C24H14BrN3O8S2. The van der Waals surface area contributed by atoms with Crippen LogP contribution in [0.15, 0.2) is 102 Å². The lowest BCUT2D eigenvalue weighted by molar-refractivity contribution is -0.384. The molecule has 14 heteroatoms. The number of benzene rings is 2. The van der Waals surface area contributed by atoms with Crippen molar-refractivity contribution in [3.05, 3.63) is 110 Å². The lowest BCUT2D eigenvalue weighted by Crippen LogP contribution is -2.30. The fraction of sp³-hybridized carbons (Fsp3) is 0.0417. The highest BCUT2D eigenvalue weighted by Gasteiger charge is 2.46. The summed E-state index contributed by atoms with van der Waals surface area (Å²) in [7, 11) is -4.15. The largest absolute Gasteiger partial charge is 0.503 e. The number of furan rings is 1. The SMILES string of the molecule is O=C(C1=C(O)C(=O)N(c2ncc(S(=O)(=O)c3ccc([N+](=O)[O-])cc3)s2)[C@@H]1c1cccc(Br)c1)c1ccco1. The molecule has 0 unspecified atom stereocenters. The van der Waals surface area contributed by atoms with Crippen LogP contribution in [0.25, 0.3) is 0 Å². The molecule has 3 heterocycles. The Morgan fingerprint density at radius 1 is 1.16 bits per heavy atom. The topological polar surface area (TPSA) is 161 Å². The summed E-state index contributed by atoms with van der Waals surface area (Å²) in [6.45, 7) is 0. The number of non-ortho nitro benzene ring substituents is 1. The highest BCUT2D eigenvalue weighted by Crippen LogP contribution is 2.44. The summed E-state index contributed by atoms with van der Waals surface area (Å²) in [5.74, 6) is -2.57. The minimum atomic E-state index is -4.15. The maximum atomic E-state index is 13.3. The highest BCUT2D eigenvalue weighted by molar-refractivity contribution is 9.10. The van der Waals surface area contributed by atoms with E-state index in [-0.39, 0.29) is 31.3 Å². The maximum absolute atomic E-state index is 13.3. The molecule has 0 bridgehead atoms. The van der Waals surface area contributed by atoms with E-state index < -0.39 is 38.3 Å². The monoisotopic (exact) mass is 615 g/mol. The van der Waals surface area contributed by atoms with Gasteiger partial charge in [0.2, 0.25) is 15.6 Å². The van der Waals surface area contributed by atoms with Crippen molar-refractivity contribution >= 4 is 59.6 Å². The minimum Gasteiger partial charge on any atom is -0.503 e. The van der Waals surface area contributed by atoms with Crippen LogP contribution in [0.2, 0.25) is 0 Å². The Morgan fingerprint density at radius 3 is 2.53 bits per heavy atom. The van der Waals surface area contributed by atoms with Gasteiger partial charge in [-0.2, -0.15) is 0 Å². The summed E-state index contributed by atoms with van der Waals surface area (Å²) >= 11 is 4.01. The van der Waals surface area contributed by atoms with E-state index in [4.69, 9.17) is 4.42 Å². The third kappa shape index (κ3) is 4.31. The van der Waals surface area contributed by atoms with Gasteiger partial charge in [-0.15, -0.1) is 0 Å². The Bertz CT molecular complexity index is 1730. The van der Waals surface area contributed by atoms with Gasteiger partial charge < -0.3 is 9.52 Å². The van der Waals surface area contributed by atoms with Gasteiger partial charge in [0.15, 0.2) is 16.7 Å². The molecule has 2 aromatic heterocycles. The van der Waals surface area contributed by atoms with Crippen molar-refractivity contribution in [3.63, 3.8) is 0 Å². The standard InChI is InChI=1S/C24H14BrN3O8S2/c25-14-4-1-3-13(11-14)20-19(21(29)17-5-2-10-36-17)22(30)23(31)27(20)24-26-12-18(37-24)38(34,35)16-8-6-15(7-9-16)28(32)33/h1-12,20,30H/t20-/m1/s1. The zero-order chi connectivity index (χ0) is 27.2. The van der Waals surface area contributed by atoms with E-state index in [1.807, 2.05) is 0 Å². The number of Topliss-reactive ketones (excluding diaryl/α,β-unsaturated/α-hetero) is 1. The number of anilines is 1. The van der Waals surface area contributed by atoms with Crippen molar-refractivity contribution in [1.82, 2.24) is 4.98 Å². The van der Waals surface area contributed by atoms with Crippen molar-refractivity contribution in [2.75, 3.05) is 4.90 Å². The number of aliphatic hydroxyl groups is 1. The second-order valence-electron chi connectivity index (χ2n) is 7.92. The van der Waals surface area contributed by atoms with Gasteiger partial charge in [-0.3, -0.25) is 24.6 Å². The molecule has 2 aromatic carbocycles. The van der Waals surface area contributed by atoms with E-state index in [2.05, 4.69) is 20.9 Å². The Morgan fingerprint density at radius 2 is 1.89 bits per heavy atom. The summed E-state index contributed by atoms with van der Waals surface area (Å²) in [6, 6.07) is 12.8. The number of carbonyl (C=O) groups is 2. The van der Waals surface area contributed by atoms with Crippen LogP contribution in [-0.2, 0) is 14.6 Å². The number of hydrogen-bond donors (Lipinski definition) is 1. The normalized spacial score (nSPS) is 15.8. The number of nitro benzene ring substituents is 1. The molecule has 4 aromatic rings. The zero-order valence-corrected chi connectivity index (χ0v) is 22.1. The molecular weight excluding hydrogens is 602 g/mol. The molecule has 5 rings (SSSR count). The first-order chi connectivity index (χ1) is 18.1. The van der Waals surface area contributed by atoms with E-state index in [0.717, 1.165) is 35.4 Å². The van der Waals surface area contributed by atoms with Gasteiger partial charge in [-0.05, 0) is 42.0 Å². The molecule has 1 aliphatic rings. The first-order valence-corrected chi connectivity index (χ1v) is 13.7. The maximum Gasteiger partial charge on any atom is 0.296 e. The number of nitrogens with zero attached hydrogens (tertiary/aromatic N) is 3. The number of ketones is 1. The van der Waals surface area contributed by atoms with Crippen LogP contribution in [-0.4, -0.2) is 35.1 Å². The van der Waals surface area contributed by atoms with Crippen molar-refractivity contribution in [2.45, 2.75) is 15.1 Å². The molecule has 0 spiro atoms. The Kier molecular flexibility index (Phi) is 6.46. The predicted octanol–water partition coefficient (Wildman–Crippen LogP) is 5.02. The number of amides is 1. The van der Waals surface area contributed by atoms with E-state index in [1.165, 1.54) is 18.4 Å². The summed E-state index contributed by atoms with van der Waals surface area (Å²) in [5, 5.41) is 21.6. The fourth-order valence-corrected chi connectivity index (χ4v) is 6.88. The van der Waals surface area contributed by atoms with Crippen LogP contribution < -0.4 is 4.90 Å². The number of nitro groups is 1. The lowest BCUT2D eigenvalue weighted by atomic mass is 9.95. The smallest absolute Gasteiger partial charge is 0.296 e. The van der Waals surface area contributed by atoms with Crippen molar-refractivity contribution in [3.8, 4) is 0 Å². The molecule has 0 radical (unpaired) electrons. The quantitative estimate of drug-likeness (QED) is 0.171. The summed E-state index contributed by atoms with van der Waals surface area (Å²) in [4.78, 5) is 41.8. The molecule has 0 fully saturated rings. The van der Waals surface area contributed by atoms with Gasteiger partial charge in [-0.25, -0.2) is 13.4 Å². The van der Waals surface area contributed by atoms with Crippen LogP contribution in [0, 0.1) is 10.1 Å². The zero-order valence-electron chi connectivity index (χ0n) is 18.8. The van der Waals surface area contributed by atoms with E-state index in [0.29, 0.717) is 21.4 Å². The van der Waals surface area contributed by atoms with Crippen LogP contribution >= 0.6 is 27.3 Å². The van der Waals surface area contributed by atoms with Gasteiger partial charge in [0.25, 0.3) is 11.6 Å². The minimum absolute atomic E-state index is 0.0887. The first kappa shape index (κ1) is 25.5. The lowest BCUT2D eigenvalue weighted by Gasteiger charge is -2.24. The molecule has 1 aliphatic heterocycles. The van der Waals surface area contributed by atoms with Crippen molar-refractivity contribution < 1.29 is 32.5 Å². The number of thiazole rings is 1. The van der Waals surface area contributed by atoms with E-state index >= 15 is 0 Å². The Hall–Kier alpha value is -4.14. The average Bonchev–Trinajstić information content (AvgIpc) is 3.65. The molecule has 38 heavy (non-hydrogen) atoms. The van der Waals surface area contributed by atoms with Crippen LogP contribution in [0.3, 0.4) is 0 Å². The molecule has 1 N–H and O–H groups in total. The average molecular weight is 616 g/mol. The number of aliphatic hydroxyl groups excluding tert-OH is 1. The number of rotatable bonds is 7. The van der Waals surface area contributed by atoms with Gasteiger partial charge in [-0.1, -0.05) is 39.4 Å². The first-order valence-electron chi connectivity index (χ1n) is 10.7. The van der Waals surface area contributed by atoms with Gasteiger partial charge in [0.05, 0.1) is 33.9 Å². The summed E-state index contributed by atoms with van der Waals surface area (Å²) in [6.07, 6.45) is 2.33. The Balaban J connectivity index is 1.58. The summed E-state index contributed by atoms with van der Waals surface area (Å²) in [5.41, 5.74) is -0.0801. The van der Waals surface area contributed by atoms with Gasteiger partial charge in [0, 0.05) is 16.6 Å². The number of halogens is 1. The van der Waals surface area contributed by atoms with E-state index in [1.54, 1.807) is 24.3 Å². The molecule has 0 saturated carbocycles. The second-order valence-corrected chi connectivity index (χ2v) is 12.0. The van der Waals surface area contributed by atoms with Crippen molar-refractivity contribution in [1.29, 1.82) is 0 Å². The van der Waals surface area contributed by atoms with Gasteiger partial charge in [0.1, 0.15) is 4.21 Å². The van der Waals surface area contributed by atoms with E-state index in [9.17, 15) is 33.2 Å². The predicted molar refractivity (Wildman–Crippen MR) is 138 cm³/mol. The number of aromatic nitrogens is 1. The number of hydrogen-bond acceptors (Lipinski definition) is 10. The molecule has 192 valence electrons. The van der Waals surface area contributed by atoms with Gasteiger partial charge >= 0.3 is 0 Å². The number of carbonyl (C=O) groups excluding carboxylic acids is 2. The van der Waals surface area contributed by atoms with Crippen molar-refractivity contribution in [2.24, 2.45) is 0 Å². The summed E-state index contributed by atoms with van der Waals surface area (Å²) < 4.78 is 31.9. The van der Waals surface area contributed by atoms with Crippen LogP contribution in [0.4, 0.5) is 10.8 Å². The van der Waals surface area contributed by atoms with Crippen LogP contribution in [0.1, 0.15) is 22.2 Å². The molecule has 1 amide bonds. The molecule has 0 aliphatic carbocycles. The fourth-order valence-electron chi connectivity index (χ4n) is 3.92. The highest BCUT2D eigenvalue weighted by atomic mass is 79.9. The second kappa shape index (κ2) is 9.63. The molecule has 11 nitrogen and oxygen atoms in total. The van der Waals surface area contributed by atoms with Crippen LogP contribution in [0.5, 0.6) is 0 Å². The number of sulfone groups is 1. The third-order valence-corrected chi connectivity index (χ3v) is 9.38. The molecule has 0 saturated heterocycles.